The van der Waals surface area contributed by atoms with Gasteiger partial charge in [-0.3, -0.25) is 10.2 Å². The fourth-order valence-corrected chi connectivity index (χ4v) is 0.829. The number of aliphatic hydroxyl groups is 1. The first kappa shape index (κ1) is 14.7. The molecule has 16 heavy (non-hydrogen) atoms. The average molecular weight is 234 g/mol. The van der Waals surface area contributed by atoms with Crippen LogP contribution in [0.4, 0.5) is 4.79 Å². The van der Waals surface area contributed by atoms with E-state index in [1.807, 2.05) is 5.43 Å². The Bertz CT molecular complexity index is 259. The van der Waals surface area contributed by atoms with Crippen LogP contribution < -0.4 is 10.9 Å². The number of carboxylic acid groups (broad SMARTS) is 1. The summed E-state index contributed by atoms with van der Waals surface area (Å²) in [5.74, 6) is -1.27. The van der Waals surface area contributed by atoms with E-state index < -0.39 is 29.8 Å². The minimum atomic E-state index is -1.28. The van der Waals surface area contributed by atoms with Gasteiger partial charge in [0.15, 0.2) is 0 Å². The zero-order chi connectivity index (χ0) is 12.9. The van der Waals surface area contributed by atoms with Crippen LogP contribution in [0, 0.1) is 0 Å². The second-order valence-electron chi connectivity index (χ2n) is 4.33. The molecule has 2 atom stereocenters. The van der Waals surface area contributed by atoms with E-state index in [1.54, 1.807) is 20.8 Å². The number of aliphatic carboxylic acids is 1. The maximum absolute atomic E-state index is 11.1. The van der Waals surface area contributed by atoms with Crippen LogP contribution >= 0.6 is 0 Å². The van der Waals surface area contributed by atoms with Crippen molar-refractivity contribution in [3.05, 3.63) is 0 Å². The van der Waals surface area contributed by atoms with E-state index in [0.717, 1.165) is 0 Å². The van der Waals surface area contributed by atoms with Gasteiger partial charge in [0.25, 0.3) is 0 Å². The Labute approximate surface area is 93.8 Å². The fourth-order valence-electron chi connectivity index (χ4n) is 0.829. The SMILES string of the molecule is C[C@@H](O)[C@H](NNC(=O)OC(C)(C)C)C(=O)O. The van der Waals surface area contributed by atoms with Gasteiger partial charge < -0.3 is 14.9 Å². The highest BCUT2D eigenvalue weighted by atomic mass is 16.6. The van der Waals surface area contributed by atoms with Gasteiger partial charge in [-0.15, -0.1) is 0 Å². The molecule has 0 aliphatic carbocycles. The highest BCUT2D eigenvalue weighted by Gasteiger charge is 2.24. The first-order chi connectivity index (χ1) is 7.13. The Morgan fingerprint density at radius 2 is 1.81 bits per heavy atom. The van der Waals surface area contributed by atoms with E-state index in [1.165, 1.54) is 6.92 Å². The highest BCUT2D eigenvalue weighted by Crippen LogP contribution is 2.06. The molecule has 0 bridgehead atoms. The van der Waals surface area contributed by atoms with Crippen molar-refractivity contribution in [1.82, 2.24) is 10.9 Å². The van der Waals surface area contributed by atoms with Gasteiger partial charge in [-0.2, -0.15) is 0 Å². The fraction of sp³-hybridized carbons (Fsp3) is 0.778. The Kier molecular flexibility index (Phi) is 5.19. The molecule has 0 heterocycles. The number of hydrogen-bond acceptors (Lipinski definition) is 5. The predicted molar refractivity (Wildman–Crippen MR) is 55.6 cm³/mol. The number of carbonyl (C=O) groups excluding carboxylic acids is 1. The van der Waals surface area contributed by atoms with Gasteiger partial charge >= 0.3 is 12.1 Å². The Morgan fingerprint density at radius 1 is 1.31 bits per heavy atom. The van der Waals surface area contributed by atoms with Crippen LogP contribution in [-0.4, -0.2) is 40.0 Å². The van der Waals surface area contributed by atoms with Gasteiger partial charge in [-0.05, 0) is 27.7 Å². The van der Waals surface area contributed by atoms with E-state index in [0.29, 0.717) is 0 Å². The van der Waals surface area contributed by atoms with Crippen LogP contribution in [0.1, 0.15) is 27.7 Å². The van der Waals surface area contributed by atoms with Crippen molar-refractivity contribution >= 4 is 12.1 Å². The summed E-state index contributed by atoms with van der Waals surface area (Å²) in [7, 11) is 0. The third-order valence-corrected chi connectivity index (χ3v) is 1.48. The molecular formula is C9H18N2O5. The van der Waals surface area contributed by atoms with Crippen molar-refractivity contribution < 1.29 is 24.5 Å². The zero-order valence-corrected chi connectivity index (χ0v) is 9.77. The topological polar surface area (TPSA) is 108 Å². The molecule has 0 saturated heterocycles. The van der Waals surface area contributed by atoms with Crippen LogP contribution in [0.2, 0.25) is 0 Å². The van der Waals surface area contributed by atoms with Crippen LogP contribution in [0.5, 0.6) is 0 Å². The number of carboxylic acids is 1. The minimum absolute atomic E-state index is 0.671. The zero-order valence-electron chi connectivity index (χ0n) is 9.77. The maximum atomic E-state index is 11.1. The third-order valence-electron chi connectivity index (χ3n) is 1.48. The number of hydrazine groups is 1. The molecular weight excluding hydrogens is 216 g/mol. The highest BCUT2D eigenvalue weighted by molar-refractivity contribution is 5.75. The summed E-state index contributed by atoms with van der Waals surface area (Å²) in [6, 6.07) is -1.28. The second kappa shape index (κ2) is 5.66. The molecule has 0 fully saturated rings. The number of aliphatic hydroxyl groups excluding tert-OH is 1. The Morgan fingerprint density at radius 3 is 2.12 bits per heavy atom. The smallest absolute Gasteiger partial charge is 0.422 e. The van der Waals surface area contributed by atoms with Gasteiger partial charge in [0.2, 0.25) is 0 Å². The van der Waals surface area contributed by atoms with E-state index in [-0.39, 0.29) is 0 Å². The summed E-state index contributed by atoms with van der Waals surface area (Å²) in [5.41, 5.74) is 3.55. The lowest BCUT2D eigenvalue weighted by Crippen LogP contribution is -2.53. The van der Waals surface area contributed by atoms with Gasteiger partial charge in [-0.25, -0.2) is 10.2 Å². The first-order valence-corrected chi connectivity index (χ1v) is 4.79. The molecule has 0 aromatic heterocycles. The number of nitrogens with one attached hydrogen (secondary N) is 2. The predicted octanol–water partition coefficient (Wildman–Crippen LogP) is -0.150. The van der Waals surface area contributed by atoms with E-state index in [4.69, 9.17) is 14.9 Å². The van der Waals surface area contributed by atoms with Crippen molar-refractivity contribution in [2.24, 2.45) is 0 Å². The molecule has 0 aliphatic heterocycles. The summed E-state index contributed by atoms with van der Waals surface area (Å²) in [5, 5.41) is 17.8. The van der Waals surface area contributed by atoms with Crippen LogP contribution in [0.25, 0.3) is 0 Å². The molecule has 0 rings (SSSR count). The number of ether oxygens (including phenoxy) is 1. The minimum Gasteiger partial charge on any atom is -0.480 e. The third kappa shape index (κ3) is 6.20. The van der Waals surface area contributed by atoms with E-state index in [9.17, 15) is 9.59 Å². The lowest BCUT2D eigenvalue weighted by molar-refractivity contribution is -0.142. The van der Waals surface area contributed by atoms with Gasteiger partial charge in [-0.1, -0.05) is 0 Å². The summed E-state index contributed by atoms with van der Waals surface area (Å²) >= 11 is 0. The molecule has 0 unspecified atom stereocenters. The van der Waals surface area contributed by atoms with Crippen LogP contribution in [-0.2, 0) is 9.53 Å². The van der Waals surface area contributed by atoms with Crippen molar-refractivity contribution in [2.75, 3.05) is 0 Å². The van der Waals surface area contributed by atoms with Gasteiger partial charge in [0.05, 0.1) is 6.10 Å². The molecule has 7 heteroatoms. The van der Waals surface area contributed by atoms with Crippen molar-refractivity contribution in [2.45, 2.75) is 45.4 Å². The lowest BCUT2D eigenvalue weighted by atomic mass is 10.2. The standard InChI is InChI=1S/C9H18N2O5/c1-5(12)6(7(13)14)10-11-8(15)16-9(2,3)4/h5-6,10,12H,1-4H3,(H,11,15)(H,13,14)/t5-,6+/m1/s1. The van der Waals surface area contributed by atoms with Crippen molar-refractivity contribution in [3.8, 4) is 0 Å². The van der Waals surface area contributed by atoms with Gasteiger partial charge in [0, 0.05) is 0 Å². The normalized spacial score (nSPS) is 15.1. The van der Waals surface area contributed by atoms with E-state index in [2.05, 4.69) is 5.43 Å². The molecule has 4 N–H and O–H groups in total. The first-order valence-electron chi connectivity index (χ1n) is 4.79. The maximum Gasteiger partial charge on any atom is 0.422 e. The average Bonchev–Trinajstić information content (AvgIpc) is 1.98. The largest absolute Gasteiger partial charge is 0.480 e. The Hall–Kier alpha value is -1.34. The number of rotatable bonds is 4. The molecule has 94 valence electrons. The molecule has 0 aromatic carbocycles. The number of amides is 1. The van der Waals surface area contributed by atoms with Crippen molar-refractivity contribution in [1.29, 1.82) is 0 Å². The van der Waals surface area contributed by atoms with Gasteiger partial charge in [0.1, 0.15) is 11.6 Å². The monoisotopic (exact) mass is 234 g/mol. The summed E-state index contributed by atoms with van der Waals surface area (Å²) in [6.07, 6.45) is -1.95. The second-order valence-corrected chi connectivity index (χ2v) is 4.33. The summed E-state index contributed by atoms with van der Waals surface area (Å²) in [4.78, 5) is 21.8. The molecule has 0 spiro atoms. The Balaban J connectivity index is 4.12. The quantitative estimate of drug-likeness (QED) is 0.504. The lowest BCUT2D eigenvalue weighted by Gasteiger charge is -2.22. The van der Waals surface area contributed by atoms with E-state index >= 15 is 0 Å². The summed E-state index contributed by atoms with van der Waals surface area (Å²) < 4.78 is 4.86. The summed E-state index contributed by atoms with van der Waals surface area (Å²) in [6.45, 7) is 6.32. The molecule has 0 saturated carbocycles. The molecule has 0 radical (unpaired) electrons. The van der Waals surface area contributed by atoms with Crippen LogP contribution in [0.15, 0.2) is 0 Å². The molecule has 1 amide bonds. The van der Waals surface area contributed by atoms with Crippen molar-refractivity contribution in [3.63, 3.8) is 0 Å². The molecule has 0 aromatic rings. The van der Waals surface area contributed by atoms with Crippen LogP contribution in [0.3, 0.4) is 0 Å². The number of carbonyl (C=O) groups is 2. The molecule has 0 aliphatic rings. The number of hydrogen-bond donors (Lipinski definition) is 4. The molecule has 7 nitrogen and oxygen atoms in total.